The number of benzene rings is 2. The molecule has 7 heteroatoms. The Bertz CT molecular complexity index is 800. The van der Waals surface area contributed by atoms with Crippen LogP contribution < -0.4 is 20.7 Å². The van der Waals surface area contributed by atoms with Crippen molar-refractivity contribution in [2.24, 2.45) is 0 Å². The van der Waals surface area contributed by atoms with Gasteiger partial charge in [-0.2, -0.15) is 0 Å². The van der Waals surface area contributed by atoms with E-state index in [-0.39, 0.29) is 23.6 Å². The predicted octanol–water partition coefficient (Wildman–Crippen LogP) is 3.68. The van der Waals surface area contributed by atoms with Crippen LogP contribution in [0.4, 0.5) is 21.5 Å². The third kappa shape index (κ3) is 3.96. The van der Waals surface area contributed by atoms with Crippen LogP contribution in [0.15, 0.2) is 36.4 Å². The molecule has 1 atom stereocenters. The summed E-state index contributed by atoms with van der Waals surface area (Å²) in [5.74, 6) is -0.0410. The average Bonchev–Trinajstić information content (AvgIpc) is 2.58. The zero-order valence-corrected chi connectivity index (χ0v) is 14.5. The minimum atomic E-state index is -0.525. The fourth-order valence-corrected chi connectivity index (χ4v) is 2.93. The Balaban J connectivity index is 1.76. The molecule has 1 aliphatic rings. The van der Waals surface area contributed by atoms with Gasteiger partial charge in [0.1, 0.15) is 17.7 Å². The molecule has 1 aliphatic heterocycles. The Morgan fingerprint density at radius 2 is 2.20 bits per heavy atom. The van der Waals surface area contributed by atoms with E-state index in [4.69, 9.17) is 22.1 Å². The summed E-state index contributed by atoms with van der Waals surface area (Å²) in [6.45, 7) is 2.75. The summed E-state index contributed by atoms with van der Waals surface area (Å²) in [6, 6.07) is 9.46. The van der Waals surface area contributed by atoms with Gasteiger partial charge in [-0.15, -0.1) is 0 Å². The molecule has 1 amide bonds. The Morgan fingerprint density at radius 3 is 2.92 bits per heavy atom. The van der Waals surface area contributed by atoms with Gasteiger partial charge in [-0.05, 0) is 42.8 Å². The molecule has 3 rings (SSSR count). The van der Waals surface area contributed by atoms with E-state index in [1.165, 1.54) is 18.2 Å². The van der Waals surface area contributed by atoms with E-state index in [9.17, 15) is 9.18 Å². The first-order chi connectivity index (χ1) is 12.0. The van der Waals surface area contributed by atoms with E-state index >= 15 is 0 Å². The molecule has 25 heavy (non-hydrogen) atoms. The van der Waals surface area contributed by atoms with Gasteiger partial charge in [0, 0.05) is 11.4 Å². The second-order valence-electron chi connectivity index (χ2n) is 5.93. The molecule has 0 fully saturated rings. The zero-order valence-electron chi connectivity index (χ0n) is 13.8. The number of rotatable bonds is 4. The van der Waals surface area contributed by atoms with E-state index in [1.807, 2.05) is 17.9 Å². The molecule has 5 nitrogen and oxygen atoms in total. The summed E-state index contributed by atoms with van der Waals surface area (Å²) in [7, 11) is 0. The highest BCUT2D eigenvalue weighted by Crippen LogP contribution is 2.35. The number of nitrogens with one attached hydrogen (secondary N) is 1. The van der Waals surface area contributed by atoms with Crippen LogP contribution in [0.1, 0.15) is 13.3 Å². The fourth-order valence-electron chi connectivity index (χ4n) is 2.75. The van der Waals surface area contributed by atoms with Gasteiger partial charge >= 0.3 is 0 Å². The smallest absolute Gasteiger partial charge is 0.243 e. The van der Waals surface area contributed by atoms with Crippen molar-refractivity contribution >= 4 is 34.6 Å². The Hall–Kier alpha value is -2.47. The molecule has 1 heterocycles. The van der Waals surface area contributed by atoms with Crippen molar-refractivity contribution in [2.45, 2.75) is 19.4 Å². The van der Waals surface area contributed by atoms with Gasteiger partial charge in [-0.1, -0.05) is 18.5 Å². The molecule has 0 spiro atoms. The summed E-state index contributed by atoms with van der Waals surface area (Å²) in [5.41, 5.74) is 7.71. The Morgan fingerprint density at radius 1 is 1.40 bits per heavy atom. The van der Waals surface area contributed by atoms with Gasteiger partial charge in [-0.3, -0.25) is 4.79 Å². The molecule has 2 aromatic carbocycles. The first-order valence-corrected chi connectivity index (χ1v) is 8.40. The maximum atomic E-state index is 13.2. The van der Waals surface area contributed by atoms with Crippen molar-refractivity contribution in [1.29, 1.82) is 0 Å². The number of ether oxygens (including phenoxy) is 1. The van der Waals surface area contributed by atoms with E-state index in [0.29, 0.717) is 23.7 Å². The summed E-state index contributed by atoms with van der Waals surface area (Å²) in [4.78, 5) is 14.3. The summed E-state index contributed by atoms with van der Waals surface area (Å²) in [6.07, 6.45) is 0.833. The third-order valence-electron chi connectivity index (χ3n) is 4.03. The number of hydrogen-bond donors (Lipinski definition) is 2. The molecule has 1 unspecified atom stereocenters. The van der Waals surface area contributed by atoms with Gasteiger partial charge in [0.15, 0.2) is 0 Å². The molecule has 2 aromatic rings. The molecular formula is C18H19ClFN3O2. The van der Waals surface area contributed by atoms with Gasteiger partial charge in [0.2, 0.25) is 5.91 Å². The summed E-state index contributed by atoms with van der Waals surface area (Å²) >= 11 is 5.74. The van der Waals surface area contributed by atoms with E-state index < -0.39 is 5.82 Å². The highest BCUT2D eigenvalue weighted by atomic mass is 35.5. The number of nitrogens with two attached hydrogens (primary N) is 1. The summed E-state index contributed by atoms with van der Waals surface area (Å²) in [5, 5.41) is 2.70. The van der Waals surface area contributed by atoms with Crippen LogP contribution in [-0.2, 0) is 4.79 Å². The molecule has 0 saturated carbocycles. The number of anilines is 3. The lowest BCUT2D eigenvalue weighted by Gasteiger charge is -2.35. The van der Waals surface area contributed by atoms with Crippen molar-refractivity contribution in [1.82, 2.24) is 0 Å². The summed E-state index contributed by atoms with van der Waals surface area (Å²) < 4.78 is 19.1. The fraction of sp³-hybridized carbons (Fsp3) is 0.278. The van der Waals surface area contributed by atoms with E-state index in [2.05, 4.69) is 5.32 Å². The molecule has 0 radical (unpaired) electrons. The van der Waals surface area contributed by atoms with Crippen LogP contribution in [0, 0.1) is 5.82 Å². The maximum Gasteiger partial charge on any atom is 0.243 e. The molecular weight excluding hydrogens is 345 g/mol. The second kappa shape index (κ2) is 7.19. The highest BCUT2D eigenvalue weighted by molar-refractivity contribution is 6.31. The SMILES string of the molecule is CCC1CN(CC(=O)Nc2ccc(F)c(Cl)c2)c2cc(N)ccc2O1. The van der Waals surface area contributed by atoms with Gasteiger partial charge in [0.05, 0.1) is 23.8 Å². The van der Waals surface area contributed by atoms with Gasteiger partial charge < -0.3 is 20.7 Å². The van der Waals surface area contributed by atoms with Crippen LogP contribution in [-0.4, -0.2) is 25.1 Å². The lowest BCUT2D eigenvalue weighted by Crippen LogP contribution is -2.43. The van der Waals surface area contributed by atoms with Crippen molar-refractivity contribution in [2.75, 3.05) is 29.0 Å². The number of nitrogens with zero attached hydrogens (tertiary/aromatic N) is 1. The standard InChI is InChI=1S/C18H19ClFN3O2/c1-2-13-9-23(16-7-11(21)3-6-17(16)25-13)10-18(24)22-12-4-5-15(20)14(19)8-12/h3-8,13H,2,9-10,21H2,1H3,(H,22,24). The van der Waals surface area contributed by atoms with Crippen molar-refractivity contribution in [3.8, 4) is 5.75 Å². The normalized spacial score (nSPS) is 16.1. The zero-order chi connectivity index (χ0) is 18.0. The topological polar surface area (TPSA) is 67.6 Å². The third-order valence-corrected chi connectivity index (χ3v) is 4.32. The Labute approximate surface area is 150 Å². The number of nitrogen functional groups attached to an aromatic ring is 1. The van der Waals surface area contributed by atoms with E-state index in [1.54, 1.807) is 12.1 Å². The average molecular weight is 364 g/mol. The second-order valence-corrected chi connectivity index (χ2v) is 6.34. The van der Waals surface area contributed by atoms with Crippen LogP contribution in [0.25, 0.3) is 0 Å². The minimum absolute atomic E-state index is 0.00388. The lowest BCUT2D eigenvalue weighted by molar-refractivity contribution is -0.115. The first-order valence-electron chi connectivity index (χ1n) is 8.02. The van der Waals surface area contributed by atoms with Crippen molar-refractivity contribution in [3.05, 3.63) is 47.2 Å². The molecule has 3 N–H and O–H groups in total. The quantitative estimate of drug-likeness (QED) is 0.813. The minimum Gasteiger partial charge on any atom is -0.486 e. The molecule has 132 valence electrons. The first kappa shape index (κ1) is 17.4. The van der Waals surface area contributed by atoms with Gasteiger partial charge in [0.25, 0.3) is 0 Å². The molecule has 0 saturated heterocycles. The predicted molar refractivity (Wildman–Crippen MR) is 97.8 cm³/mol. The number of halogens is 2. The number of fused-ring (bicyclic) bond motifs is 1. The number of carbonyl (C=O) groups is 1. The van der Waals surface area contributed by atoms with Crippen LogP contribution in [0.5, 0.6) is 5.75 Å². The van der Waals surface area contributed by atoms with Crippen molar-refractivity contribution < 1.29 is 13.9 Å². The lowest BCUT2D eigenvalue weighted by atomic mass is 10.1. The van der Waals surface area contributed by atoms with Crippen LogP contribution in [0.2, 0.25) is 5.02 Å². The largest absolute Gasteiger partial charge is 0.486 e. The van der Waals surface area contributed by atoms with Crippen LogP contribution in [0.3, 0.4) is 0 Å². The number of carbonyl (C=O) groups excluding carboxylic acids is 1. The molecule has 0 bridgehead atoms. The van der Waals surface area contributed by atoms with E-state index in [0.717, 1.165) is 12.1 Å². The Kier molecular flexibility index (Phi) is 4.99. The monoisotopic (exact) mass is 363 g/mol. The van der Waals surface area contributed by atoms with Gasteiger partial charge in [-0.25, -0.2) is 4.39 Å². The van der Waals surface area contributed by atoms with Crippen molar-refractivity contribution in [3.63, 3.8) is 0 Å². The molecule has 0 aliphatic carbocycles. The highest BCUT2D eigenvalue weighted by Gasteiger charge is 2.26. The number of amides is 1. The molecule has 0 aromatic heterocycles. The maximum absolute atomic E-state index is 13.2. The van der Waals surface area contributed by atoms with Crippen LogP contribution >= 0.6 is 11.6 Å². The number of hydrogen-bond acceptors (Lipinski definition) is 4.